The van der Waals surface area contributed by atoms with Crippen LogP contribution in [0.2, 0.25) is 0 Å². The van der Waals surface area contributed by atoms with E-state index in [9.17, 15) is 4.79 Å². The summed E-state index contributed by atoms with van der Waals surface area (Å²) in [6.07, 6.45) is -0.160. The van der Waals surface area contributed by atoms with Crippen molar-refractivity contribution in [2.24, 2.45) is 0 Å². The normalized spacial score (nSPS) is 40.4. The molecule has 0 unspecified atom stereocenters. The molecule has 0 aromatic heterocycles. The van der Waals surface area contributed by atoms with Crippen LogP contribution < -0.4 is 0 Å². The van der Waals surface area contributed by atoms with Crippen molar-refractivity contribution in [2.45, 2.75) is 51.2 Å². The number of rotatable bonds is 2. The molecule has 2 rings (SSSR count). The number of carbonyl (C=O) groups is 1. The average molecular weight is 228 g/mol. The van der Waals surface area contributed by atoms with Crippen LogP contribution >= 0.6 is 0 Å². The smallest absolute Gasteiger partial charge is 0.303 e. The standard InChI is InChI=1S/C11H16O5/c1-5-7-8(13-6(2)12)9-10(14-7)16-11(3,4)15-9/h5,7-10H,1H2,2-4H3/t7-,8+,9-,10-/m1/s1. The van der Waals surface area contributed by atoms with Gasteiger partial charge in [-0.1, -0.05) is 6.08 Å². The molecule has 5 heteroatoms. The monoisotopic (exact) mass is 228 g/mol. The summed E-state index contributed by atoms with van der Waals surface area (Å²) in [5, 5.41) is 0. The van der Waals surface area contributed by atoms with E-state index < -0.39 is 18.2 Å². The van der Waals surface area contributed by atoms with E-state index in [1.807, 2.05) is 0 Å². The molecule has 0 aromatic rings. The van der Waals surface area contributed by atoms with Crippen molar-refractivity contribution in [1.29, 1.82) is 0 Å². The van der Waals surface area contributed by atoms with Gasteiger partial charge in [0.15, 0.2) is 24.3 Å². The Bertz CT molecular complexity index is 311. The number of hydrogen-bond acceptors (Lipinski definition) is 5. The second kappa shape index (κ2) is 3.84. The van der Waals surface area contributed by atoms with Gasteiger partial charge in [0.25, 0.3) is 0 Å². The lowest BCUT2D eigenvalue weighted by Crippen LogP contribution is -2.37. The van der Waals surface area contributed by atoms with Crippen molar-refractivity contribution < 1.29 is 23.7 Å². The van der Waals surface area contributed by atoms with Crippen LogP contribution in [0.3, 0.4) is 0 Å². The predicted octanol–water partition coefficient (Wildman–Crippen LogP) is 0.980. The van der Waals surface area contributed by atoms with Gasteiger partial charge in [0.2, 0.25) is 0 Å². The Hall–Kier alpha value is -0.910. The summed E-state index contributed by atoms with van der Waals surface area (Å²) in [7, 11) is 0. The van der Waals surface area contributed by atoms with Crippen LogP contribution in [0.25, 0.3) is 0 Å². The Morgan fingerprint density at radius 1 is 1.44 bits per heavy atom. The van der Waals surface area contributed by atoms with Gasteiger partial charge in [-0.15, -0.1) is 6.58 Å². The van der Waals surface area contributed by atoms with E-state index in [0.717, 1.165) is 0 Å². The fraction of sp³-hybridized carbons (Fsp3) is 0.727. The second-order valence-corrected chi connectivity index (χ2v) is 4.38. The first-order valence-electron chi connectivity index (χ1n) is 5.24. The van der Waals surface area contributed by atoms with Crippen molar-refractivity contribution in [1.82, 2.24) is 0 Å². The first-order valence-corrected chi connectivity index (χ1v) is 5.24. The van der Waals surface area contributed by atoms with Crippen molar-refractivity contribution in [3.05, 3.63) is 12.7 Å². The Kier molecular flexibility index (Phi) is 2.77. The van der Waals surface area contributed by atoms with Crippen LogP contribution in [-0.4, -0.2) is 36.4 Å². The van der Waals surface area contributed by atoms with Crippen molar-refractivity contribution in [3.8, 4) is 0 Å². The fourth-order valence-corrected chi connectivity index (χ4v) is 2.02. The fourth-order valence-electron chi connectivity index (χ4n) is 2.02. The predicted molar refractivity (Wildman–Crippen MR) is 54.4 cm³/mol. The first-order chi connectivity index (χ1) is 7.43. The second-order valence-electron chi connectivity index (χ2n) is 4.38. The number of fused-ring (bicyclic) bond motifs is 1. The molecule has 90 valence electrons. The highest BCUT2D eigenvalue weighted by molar-refractivity contribution is 5.66. The van der Waals surface area contributed by atoms with Gasteiger partial charge < -0.3 is 18.9 Å². The lowest BCUT2D eigenvalue weighted by Gasteiger charge is -2.23. The molecule has 4 atom stereocenters. The molecule has 0 bridgehead atoms. The minimum Gasteiger partial charge on any atom is -0.456 e. The molecule has 0 radical (unpaired) electrons. The van der Waals surface area contributed by atoms with Crippen LogP contribution in [0, 0.1) is 0 Å². The Morgan fingerprint density at radius 3 is 2.69 bits per heavy atom. The van der Waals surface area contributed by atoms with Crippen molar-refractivity contribution in [2.75, 3.05) is 0 Å². The van der Waals surface area contributed by atoms with Gasteiger partial charge in [-0.05, 0) is 13.8 Å². The molecule has 0 saturated carbocycles. The molecule has 5 nitrogen and oxygen atoms in total. The molecule has 16 heavy (non-hydrogen) atoms. The third kappa shape index (κ3) is 1.98. The molecule has 2 aliphatic heterocycles. The maximum atomic E-state index is 11.0. The number of esters is 1. The Morgan fingerprint density at radius 2 is 2.12 bits per heavy atom. The number of ether oxygens (including phenoxy) is 4. The van der Waals surface area contributed by atoms with Gasteiger partial charge in [0.05, 0.1) is 0 Å². The van der Waals surface area contributed by atoms with Crippen LogP contribution in [0.1, 0.15) is 20.8 Å². The van der Waals surface area contributed by atoms with Crippen molar-refractivity contribution >= 4 is 5.97 Å². The van der Waals surface area contributed by atoms with Crippen LogP contribution in [0.5, 0.6) is 0 Å². The van der Waals surface area contributed by atoms with E-state index in [1.54, 1.807) is 19.9 Å². The third-order valence-electron chi connectivity index (χ3n) is 2.56. The van der Waals surface area contributed by atoms with Gasteiger partial charge >= 0.3 is 5.97 Å². The SMILES string of the molecule is C=C[C@H]1O[C@@H]2OC(C)(C)O[C@@H]2[C@H]1OC(C)=O. The summed E-state index contributed by atoms with van der Waals surface area (Å²) in [6, 6.07) is 0. The molecule has 2 saturated heterocycles. The van der Waals surface area contributed by atoms with E-state index >= 15 is 0 Å². The van der Waals surface area contributed by atoms with E-state index in [4.69, 9.17) is 18.9 Å². The van der Waals surface area contributed by atoms with E-state index in [0.29, 0.717) is 0 Å². The average Bonchev–Trinajstić information content (AvgIpc) is 2.59. The van der Waals surface area contributed by atoms with Gasteiger partial charge in [-0.2, -0.15) is 0 Å². The highest BCUT2D eigenvalue weighted by Crippen LogP contribution is 2.38. The minimum absolute atomic E-state index is 0.366. The molecule has 2 aliphatic rings. The summed E-state index contributed by atoms with van der Waals surface area (Å²) in [6.45, 7) is 8.58. The summed E-state index contributed by atoms with van der Waals surface area (Å²) >= 11 is 0. The zero-order valence-electron chi connectivity index (χ0n) is 9.64. The maximum absolute atomic E-state index is 11.0. The Balaban J connectivity index is 2.13. The molecule has 2 heterocycles. The van der Waals surface area contributed by atoms with Crippen LogP contribution in [0.4, 0.5) is 0 Å². The number of hydrogen-bond donors (Lipinski definition) is 0. The van der Waals surface area contributed by atoms with Crippen molar-refractivity contribution in [3.63, 3.8) is 0 Å². The molecular weight excluding hydrogens is 212 g/mol. The van der Waals surface area contributed by atoms with Crippen LogP contribution in [0.15, 0.2) is 12.7 Å². The van der Waals surface area contributed by atoms with E-state index in [2.05, 4.69) is 6.58 Å². The third-order valence-corrected chi connectivity index (χ3v) is 2.56. The summed E-state index contributed by atoms with van der Waals surface area (Å²) in [4.78, 5) is 11.0. The van der Waals surface area contributed by atoms with Gasteiger partial charge in [0.1, 0.15) is 6.10 Å². The summed E-state index contributed by atoms with van der Waals surface area (Å²) < 4.78 is 21.9. The van der Waals surface area contributed by atoms with Gasteiger partial charge in [0, 0.05) is 6.92 Å². The molecule has 0 spiro atoms. The Labute approximate surface area is 94.3 Å². The van der Waals surface area contributed by atoms with Gasteiger partial charge in [-0.3, -0.25) is 4.79 Å². The number of carbonyl (C=O) groups excluding carboxylic acids is 1. The molecule has 0 aliphatic carbocycles. The highest BCUT2D eigenvalue weighted by atomic mass is 16.8. The topological polar surface area (TPSA) is 54.0 Å². The summed E-state index contributed by atoms with van der Waals surface area (Å²) in [5.41, 5.74) is 0. The highest BCUT2D eigenvalue weighted by Gasteiger charge is 2.55. The molecular formula is C11H16O5. The quantitative estimate of drug-likeness (QED) is 0.521. The molecule has 0 aromatic carbocycles. The lowest BCUT2D eigenvalue weighted by molar-refractivity contribution is -0.212. The zero-order valence-corrected chi connectivity index (χ0v) is 9.64. The van der Waals surface area contributed by atoms with E-state index in [-0.39, 0.29) is 18.2 Å². The van der Waals surface area contributed by atoms with Gasteiger partial charge in [-0.25, -0.2) is 0 Å². The maximum Gasteiger partial charge on any atom is 0.303 e. The first kappa shape index (κ1) is 11.6. The largest absolute Gasteiger partial charge is 0.456 e. The van der Waals surface area contributed by atoms with E-state index in [1.165, 1.54) is 6.92 Å². The molecule has 0 N–H and O–H groups in total. The minimum atomic E-state index is -0.708. The lowest BCUT2D eigenvalue weighted by atomic mass is 10.1. The zero-order chi connectivity index (χ0) is 11.9. The molecule has 2 fully saturated rings. The molecule has 0 amide bonds. The van der Waals surface area contributed by atoms with Crippen LogP contribution in [-0.2, 0) is 23.7 Å². The summed E-state index contributed by atoms with van der Waals surface area (Å²) in [5.74, 6) is -1.07.